The van der Waals surface area contributed by atoms with Crippen LogP contribution in [-0.2, 0) is 6.54 Å². The lowest BCUT2D eigenvalue weighted by molar-refractivity contribution is 0.100. The van der Waals surface area contributed by atoms with Gasteiger partial charge in [-0.2, -0.15) is 0 Å². The van der Waals surface area contributed by atoms with E-state index >= 15 is 0 Å². The molecule has 2 aromatic rings. The van der Waals surface area contributed by atoms with Gasteiger partial charge in [-0.15, -0.1) is 0 Å². The van der Waals surface area contributed by atoms with Crippen molar-refractivity contribution in [3.8, 4) is 0 Å². The molecule has 1 saturated heterocycles. The van der Waals surface area contributed by atoms with Crippen molar-refractivity contribution in [3.05, 3.63) is 65.2 Å². The van der Waals surface area contributed by atoms with Crippen LogP contribution < -0.4 is 21.3 Å². The number of nitrogens with zero attached hydrogens (tertiary/aromatic N) is 2. The average Bonchev–Trinajstić information content (AvgIpc) is 3.27. The van der Waals surface area contributed by atoms with Gasteiger partial charge in [-0.05, 0) is 62.1 Å². The molecule has 1 aliphatic heterocycles. The van der Waals surface area contributed by atoms with Crippen LogP contribution in [0.2, 0.25) is 0 Å². The molecule has 0 aliphatic carbocycles. The second kappa shape index (κ2) is 9.96. The van der Waals surface area contributed by atoms with E-state index < -0.39 is 5.91 Å². The van der Waals surface area contributed by atoms with Crippen LogP contribution in [0.25, 0.3) is 0 Å². The van der Waals surface area contributed by atoms with Crippen molar-refractivity contribution in [2.75, 3.05) is 24.5 Å². The first-order chi connectivity index (χ1) is 14.1. The number of amides is 1. The number of primary amides is 1. The van der Waals surface area contributed by atoms with Crippen molar-refractivity contribution in [2.45, 2.75) is 39.3 Å². The highest BCUT2D eigenvalue weighted by atomic mass is 16.1. The number of aliphatic imine (C=N–C) groups is 1. The van der Waals surface area contributed by atoms with Crippen molar-refractivity contribution >= 4 is 17.6 Å². The minimum Gasteiger partial charge on any atom is -0.372 e. The number of rotatable bonds is 7. The Kier molecular flexibility index (Phi) is 7.11. The standard InChI is InChI=1S/C23H31N5O/c1-3-25-23(26-16-18-9-11-19(12-10-18)22(24)29)27-17(2)20-7-6-8-21(15-20)28-13-4-5-14-28/h6-12,15,17H,3-5,13-14,16H2,1-2H3,(H2,24,29)(H2,25,26,27). The van der Waals surface area contributed by atoms with E-state index in [-0.39, 0.29) is 6.04 Å². The van der Waals surface area contributed by atoms with Gasteiger partial charge < -0.3 is 21.3 Å². The second-order valence-corrected chi connectivity index (χ2v) is 7.41. The fourth-order valence-electron chi connectivity index (χ4n) is 3.52. The molecule has 0 aromatic heterocycles. The third-order valence-corrected chi connectivity index (χ3v) is 5.20. The fraction of sp³-hybridized carbons (Fsp3) is 0.391. The van der Waals surface area contributed by atoms with Gasteiger partial charge in [0.25, 0.3) is 0 Å². The largest absolute Gasteiger partial charge is 0.372 e. The quantitative estimate of drug-likeness (QED) is 0.498. The summed E-state index contributed by atoms with van der Waals surface area (Å²) in [5.74, 6) is 0.352. The van der Waals surface area contributed by atoms with Crippen LogP contribution in [0.15, 0.2) is 53.5 Å². The smallest absolute Gasteiger partial charge is 0.248 e. The molecule has 0 spiro atoms. The van der Waals surface area contributed by atoms with Crippen LogP contribution in [0.4, 0.5) is 5.69 Å². The zero-order valence-electron chi connectivity index (χ0n) is 17.3. The Morgan fingerprint density at radius 3 is 2.55 bits per heavy atom. The highest BCUT2D eigenvalue weighted by Crippen LogP contribution is 2.24. The van der Waals surface area contributed by atoms with Gasteiger partial charge in [-0.1, -0.05) is 24.3 Å². The molecule has 1 amide bonds. The molecule has 0 saturated carbocycles. The first-order valence-electron chi connectivity index (χ1n) is 10.4. The van der Waals surface area contributed by atoms with E-state index in [4.69, 9.17) is 10.7 Å². The predicted octanol–water partition coefficient (Wildman–Crippen LogP) is 3.20. The van der Waals surface area contributed by atoms with Crippen molar-refractivity contribution in [3.63, 3.8) is 0 Å². The maximum Gasteiger partial charge on any atom is 0.248 e. The van der Waals surface area contributed by atoms with Crippen LogP contribution in [0.5, 0.6) is 0 Å². The summed E-state index contributed by atoms with van der Waals surface area (Å²) in [6.07, 6.45) is 2.55. The molecule has 6 nitrogen and oxygen atoms in total. The number of carbonyl (C=O) groups is 1. The van der Waals surface area contributed by atoms with Crippen LogP contribution in [0.1, 0.15) is 54.2 Å². The molecule has 29 heavy (non-hydrogen) atoms. The zero-order chi connectivity index (χ0) is 20.6. The molecule has 3 rings (SSSR count). The normalized spacial score (nSPS) is 15.2. The van der Waals surface area contributed by atoms with Gasteiger partial charge in [0, 0.05) is 30.9 Å². The lowest BCUT2D eigenvalue weighted by Gasteiger charge is -2.22. The molecule has 1 aliphatic rings. The SMILES string of the molecule is CCNC(=NCc1ccc(C(N)=O)cc1)NC(C)c1cccc(N2CCCC2)c1. The van der Waals surface area contributed by atoms with E-state index in [0.717, 1.165) is 31.2 Å². The minimum atomic E-state index is -0.417. The lowest BCUT2D eigenvalue weighted by Crippen LogP contribution is -2.38. The summed E-state index contributed by atoms with van der Waals surface area (Å²) in [7, 11) is 0. The summed E-state index contributed by atoms with van der Waals surface area (Å²) in [4.78, 5) is 18.3. The first-order valence-corrected chi connectivity index (χ1v) is 10.4. The molecule has 1 unspecified atom stereocenters. The highest BCUT2D eigenvalue weighted by Gasteiger charge is 2.14. The number of hydrogen-bond acceptors (Lipinski definition) is 3. The first kappa shape index (κ1) is 20.7. The molecule has 1 heterocycles. The maximum absolute atomic E-state index is 11.2. The molecule has 1 atom stereocenters. The molecular formula is C23H31N5O. The van der Waals surface area contributed by atoms with Crippen molar-refractivity contribution in [1.29, 1.82) is 0 Å². The average molecular weight is 394 g/mol. The summed E-state index contributed by atoms with van der Waals surface area (Å²) >= 11 is 0. The van der Waals surface area contributed by atoms with Crippen LogP contribution in [0, 0.1) is 0 Å². The van der Waals surface area contributed by atoms with Crippen LogP contribution >= 0.6 is 0 Å². The molecule has 1 fully saturated rings. The maximum atomic E-state index is 11.2. The zero-order valence-corrected chi connectivity index (χ0v) is 17.3. The van der Waals surface area contributed by atoms with Crippen molar-refractivity contribution in [1.82, 2.24) is 10.6 Å². The number of guanidine groups is 1. The number of benzene rings is 2. The number of nitrogens with one attached hydrogen (secondary N) is 2. The summed E-state index contributed by atoms with van der Waals surface area (Å²) in [5.41, 5.74) is 9.37. The molecular weight excluding hydrogens is 362 g/mol. The topological polar surface area (TPSA) is 82.7 Å². The van der Waals surface area contributed by atoms with Gasteiger partial charge in [0.05, 0.1) is 12.6 Å². The van der Waals surface area contributed by atoms with E-state index in [9.17, 15) is 4.79 Å². The van der Waals surface area contributed by atoms with Crippen molar-refractivity contribution < 1.29 is 4.79 Å². The monoisotopic (exact) mass is 393 g/mol. The molecule has 0 bridgehead atoms. The summed E-state index contributed by atoms with van der Waals surface area (Å²) in [5, 5.41) is 6.81. The minimum absolute atomic E-state index is 0.132. The summed E-state index contributed by atoms with van der Waals surface area (Å²) < 4.78 is 0. The van der Waals surface area contributed by atoms with Gasteiger partial charge in [0.15, 0.2) is 5.96 Å². The lowest BCUT2D eigenvalue weighted by atomic mass is 10.1. The Bertz CT molecular complexity index is 841. The predicted molar refractivity (Wildman–Crippen MR) is 119 cm³/mol. The van der Waals surface area contributed by atoms with Gasteiger partial charge in [0.1, 0.15) is 0 Å². The highest BCUT2D eigenvalue weighted by molar-refractivity contribution is 5.92. The Hall–Kier alpha value is -3.02. The van der Waals surface area contributed by atoms with Gasteiger partial charge in [-0.25, -0.2) is 4.99 Å². The van der Waals surface area contributed by atoms with Crippen LogP contribution in [0.3, 0.4) is 0 Å². The Morgan fingerprint density at radius 2 is 1.90 bits per heavy atom. The third-order valence-electron chi connectivity index (χ3n) is 5.20. The van der Waals surface area contributed by atoms with E-state index in [2.05, 4.69) is 53.6 Å². The molecule has 2 aromatic carbocycles. The Morgan fingerprint density at radius 1 is 1.17 bits per heavy atom. The van der Waals surface area contributed by atoms with Crippen LogP contribution in [-0.4, -0.2) is 31.5 Å². The second-order valence-electron chi connectivity index (χ2n) is 7.41. The number of nitrogens with two attached hydrogens (primary N) is 1. The third kappa shape index (κ3) is 5.73. The number of carbonyl (C=O) groups excluding carboxylic acids is 1. The number of hydrogen-bond donors (Lipinski definition) is 3. The van der Waals surface area contributed by atoms with E-state index in [1.54, 1.807) is 12.1 Å². The number of anilines is 1. The summed E-state index contributed by atoms with van der Waals surface area (Å²) in [6, 6.07) is 16.1. The Balaban J connectivity index is 1.66. The summed E-state index contributed by atoms with van der Waals surface area (Å²) in [6.45, 7) is 7.80. The van der Waals surface area contributed by atoms with E-state index in [1.165, 1.54) is 24.1 Å². The molecule has 154 valence electrons. The van der Waals surface area contributed by atoms with Gasteiger partial charge >= 0.3 is 0 Å². The molecule has 6 heteroatoms. The van der Waals surface area contributed by atoms with E-state index in [1.807, 2.05) is 12.1 Å². The molecule has 4 N–H and O–H groups in total. The molecule has 0 radical (unpaired) electrons. The van der Waals surface area contributed by atoms with Crippen molar-refractivity contribution in [2.24, 2.45) is 10.7 Å². The van der Waals surface area contributed by atoms with Gasteiger partial charge in [-0.3, -0.25) is 4.79 Å². The fourth-order valence-corrected chi connectivity index (χ4v) is 3.52. The van der Waals surface area contributed by atoms with Gasteiger partial charge in [0.2, 0.25) is 5.91 Å². The Labute approximate surface area is 173 Å². The van der Waals surface area contributed by atoms with E-state index in [0.29, 0.717) is 12.1 Å².